The first-order chi connectivity index (χ1) is 12.9. The summed E-state index contributed by atoms with van der Waals surface area (Å²) in [5, 5.41) is 2.82. The van der Waals surface area contributed by atoms with Crippen molar-refractivity contribution in [2.75, 3.05) is 0 Å². The minimum absolute atomic E-state index is 1.23. The van der Waals surface area contributed by atoms with Crippen LogP contribution in [0, 0.1) is 0 Å². The number of hydrogen-bond acceptors (Lipinski definition) is 0. The standard InChI is InChI=1S/C26H38/c1-2-3-4-5-6-7-8-9-10-11-12-13-14-15-19-24-21-18-22-25-20-16-17-23-26(24)25/h5-6,16-18,20-23H,2-4,7-15,19H2,1H3/b6-5+. The first kappa shape index (κ1) is 20.7. The van der Waals surface area contributed by atoms with E-state index in [0.29, 0.717) is 0 Å². The predicted molar refractivity (Wildman–Crippen MR) is 118 cm³/mol. The van der Waals surface area contributed by atoms with E-state index in [1.807, 2.05) is 0 Å². The largest absolute Gasteiger partial charge is 0.0885 e. The molecule has 0 radical (unpaired) electrons. The van der Waals surface area contributed by atoms with E-state index in [0.717, 1.165) is 0 Å². The smallest absolute Gasteiger partial charge is 0.0152 e. The Hall–Kier alpha value is -1.56. The molecule has 0 aliphatic heterocycles. The van der Waals surface area contributed by atoms with Crippen molar-refractivity contribution in [3.8, 4) is 0 Å². The van der Waals surface area contributed by atoms with Gasteiger partial charge in [-0.2, -0.15) is 0 Å². The molecule has 0 heteroatoms. The summed E-state index contributed by atoms with van der Waals surface area (Å²) in [5.41, 5.74) is 1.52. The van der Waals surface area contributed by atoms with E-state index >= 15 is 0 Å². The Morgan fingerprint density at radius 2 is 1.23 bits per heavy atom. The van der Waals surface area contributed by atoms with Crippen molar-refractivity contribution in [1.29, 1.82) is 0 Å². The summed E-state index contributed by atoms with van der Waals surface area (Å²) < 4.78 is 0. The van der Waals surface area contributed by atoms with Crippen molar-refractivity contribution < 1.29 is 0 Å². The molecular weight excluding hydrogens is 312 g/mol. The second-order valence-electron chi connectivity index (χ2n) is 7.62. The van der Waals surface area contributed by atoms with Crippen molar-refractivity contribution in [2.45, 2.75) is 90.4 Å². The van der Waals surface area contributed by atoms with Gasteiger partial charge in [-0.3, -0.25) is 0 Å². The Morgan fingerprint density at radius 3 is 2.00 bits per heavy atom. The summed E-state index contributed by atoms with van der Waals surface area (Å²) in [7, 11) is 0. The maximum absolute atomic E-state index is 2.39. The normalized spacial score (nSPS) is 11.6. The van der Waals surface area contributed by atoms with Gasteiger partial charge < -0.3 is 0 Å². The third kappa shape index (κ3) is 8.21. The van der Waals surface area contributed by atoms with Crippen LogP contribution in [0.25, 0.3) is 10.8 Å². The molecule has 0 spiro atoms. The minimum atomic E-state index is 1.23. The maximum Gasteiger partial charge on any atom is -0.0152 e. The average Bonchev–Trinajstić information content (AvgIpc) is 2.68. The lowest BCUT2D eigenvalue weighted by atomic mass is 9.99. The zero-order valence-electron chi connectivity index (χ0n) is 16.9. The summed E-state index contributed by atoms with van der Waals surface area (Å²) in [5.74, 6) is 0. The molecule has 2 aromatic carbocycles. The van der Waals surface area contributed by atoms with E-state index < -0.39 is 0 Å². The number of hydrogen-bond donors (Lipinski definition) is 0. The van der Waals surface area contributed by atoms with Crippen LogP contribution in [-0.4, -0.2) is 0 Å². The molecule has 0 nitrogen and oxygen atoms in total. The van der Waals surface area contributed by atoms with Crippen LogP contribution in [0.15, 0.2) is 54.6 Å². The number of benzene rings is 2. The van der Waals surface area contributed by atoms with Gasteiger partial charge >= 0.3 is 0 Å². The van der Waals surface area contributed by atoms with E-state index in [1.165, 1.54) is 99.8 Å². The lowest BCUT2D eigenvalue weighted by molar-refractivity contribution is 0.569. The first-order valence-electron chi connectivity index (χ1n) is 11.0. The van der Waals surface area contributed by atoms with E-state index in [1.54, 1.807) is 0 Å². The zero-order chi connectivity index (χ0) is 18.3. The fraction of sp³-hybridized carbons (Fsp3) is 0.538. The summed E-state index contributed by atoms with van der Waals surface area (Å²) in [6.45, 7) is 2.26. The zero-order valence-corrected chi connectivity index (χ0v) is 16.9. The van der Waals surface area contributed by atoms with Gasteiger partial charge in [-0.15, -0.1) is 0 Å². The molecular formula is C26H38. The van der Waals surface area contributed by atoms with Gasteiger partial charge in [0.1, 0.15) is 0 Å². The Balaban J connectivity index is 1.45. The molecule has 0 aromatic heterocycles. The highest BCUT2D eigenvalue weighted by molar-refractivity contribution is 5.85. The van der Waals surface area contributed by atoms with Crippen molar-refractivity contribution >= 4 is 10.8 Å². The molecule has 0 bridgehead atoms. The molecule has 2 aromatic rings. The summed E-state index contributed by atoms with van der Waals surface area (Å²) in [6, 6.07) is 15.5. The number of unbranched alkanes of at least 4 members (excludes halogenated alkanes) is 10. The Morgan fingerprint density at radius 1 is 0.615 bits per heavy atom. The molecule has 0 heterocycles. The maximum atomic E-state index is 2.39. The molecule has 0 unspecified atom stereocenters. The topological polar surface area (TPSA) is 0 Å². The van der Waals surface area contributed by atoms with Gasteiger partial charge in [0.25, 0.3) is 0 Å². The van der Waals surface area contributed by atoms with Gasteiger partial charge in [-0.1, -0.05) is 113 Å². The molecule has 0 aliphatic rings. The third-order valence-corrected chi connectivity index (χ3v) is 5.34. The van der Waals surface area contributed by atoms with Crippen LogP contribution in [-0.2, 0) is 6.42 Å². The van der Waals surface area contributed by atoms with Gasteiger partial charge in [0, 0.05) is 0 Å². The average molecular weight is 351 g/mol. The third-order valence-electron chi connectivity index (χ3n) is 5.34. The molecule has 0 amide bonds. The van der Waals surface area contributed by atoms with Gasteiger partial charge in [-0.25, -0.2) is 0 Å². The second-order valence-corrected chi connectivity index (χ2v) is 7.62. The van der Waals surface area contributed by atoms with Gasteiger partial charge in [0.2, 0.25) is 0 Å². The molecule has 0 fully saturated rings. The Labute approximate surface area is 161 Å². The van der Waals surface area contributed by atoms with E-state index in [2.05, 4.69) is 61.5 Å². The quantitative estimate of drug-likeness (QED) is 0.236. The van der Waals surface area contributed by atoms with E-state index in [4.69, 9.17) is 0 Å². The van der Waals surface area contributed by atoms with Gasteiger partial charge in [-0.05, 0) is 48.4 Å². The highest BCUT2D eigenvalue weighted by atomic mass is 14.0. The lowest BCUT2D eigenvalue weighted by Crippen LogP contribution is -1.88. The predicted octanol–water partition coefficient (Wildman–Crippen LogP) is 8.64. The SMILES string of the molecule is CCCC/C=C/CCCCCCCCCCc1cccc2ccccc12. The van der Waals surface area contributed by atoms with E-state index in [-0.39, 0.29) is 0 Å². The minimum Gasteiger partial charge on any atom is -0.0885 e. The monoisotopic (exact) mass is 350 g/mol. The van der Waals surface area contributed by atoms with Crippen LogP contribution in [0.4, 0.5) is 0 Å². The van der Waals surface area contributed by atoms with Crippen molar-refractivity contribution in [1.82, 2.24) is 0 Å². The molecule has 2 rings (SSSR count). The van der Waals surface area contributed by atoms with Crippen LogP contribution < -0.4 is 0 Å². The van der Waals surface area contributed by atoms with Crippen LogP contribution >= 0.6 is 0 Å². The van der Waals surface area contributed by atoms with Gasteiger partial charge in [0.05, 0.1) is 0 Å². The first-order valence-corrected chi connectivity index (χ1v) is 11.0. The van der Waals surface area contributed by atoms with Crippen molar-refractivity contribution in [3.05, 3.63) is 60.2 Å². The molecule has 0 atom stereocenters. The number of allylic oxidation sites excluding steroid dienone is 2. The van der Waals surface area contributed by atoms with Crippen molar-refractivity contribution in [2.24, 2.45) is 0 Å². The number of rotatable bonds is 14. The van der Waals surface area contributed by atoms with Crippen molar-refractivity contribution in [3.63, 3.8) is 0 Å². The lowest BCUT2D eigenvalue weighted by Gasteiger charge is -2.06. The molecule has 0 saturated heterocycles. The summed E-state index contributed by atoms with van der Waals surface area (Å²) in [4.78, 5) is 0. The molecule has 0 aliphatic carbocycles. The van der Waals surface area contributed by atoms with Crippen LogP contribution in [0.1, 0.15) is 89.5 Å². The fourth-order valence-electron chi connectivity index (χ4n) is 3.71. The van der Waals surface area contributed by atoms with Crippen LogP contribution in [0.3, 0.4) is 0 Å². The molecule has 0 saturated carbocycles. The van der Waals surface area contributed by atoms with E-state index in [9.17, 15) is 0 Å². The van der Waals surface area contributed by atoms with Crippen LogP contribution in [0.2, 0.25) is 0 Å². The summed E-state index contributed by atoms with van der Waals surface area (Å²) in [6.07, 6.45) is 22.4. The second kappa shape index (κ2) is 13.6. The Kier molecular flexibility index (Phi) is 10.9. The highest BCUT2D eigenvalue weighted by Crippen LogP contribution is 2.20. The highest BCUT2D eigenvalue weighted by Gasteiger charge is 2.00. The van der Waals surface area contributed by atoms with Crippen LogP contribution in [0.5, 0.6) is 0 Å². The summed E-state index contributed by atoms with van der Waals surface area (Å²) >= 11 is 0. The van der Waals surface area contributed by atoms with Gasteiger partial charge in [0.15, 0.2) is 0 Å². The number of fused-ring (bicyclic) bond motifs is 1. The number of aryl methyl sites for hydroxylation is 1. The fourth-order valence-corrected chi connectivity index (χ4v) is 3.71. The Bertz CT molecular complexity index is 617. The molecule has 26 heavy (non-hydrogen) atoms. The molecule has 142 valence electrons. The molecule has 0 N–H and O–H groups in total.